The highest BCUT2D eigenvalue weighted by molar-refractivity contribution is 5.85. The summed E-state index contributed by atoms with van der Waals surface area (Å²) in [5, 5.41) is 2.58. The minimum absolute atomic E-state index is 0.000653. The second kappa shape index (κ2) is 8.26. The largest absolute Gasteiger partial charge is 0.492 e. The van der Waals surface area contributed by atoms with E-state index in [1.54, 1.807) is 6.20 Å². The van der Waals surface area contributed by atoms with Crippen LogP contribution in [-0.2, 0) is 11.3 Å². The van der Waals surface area contributed by atoms with Crippen molar-refractivity contribution in [3.63, 3.8) is 0 Å². The van der Waals surface area contributed by atoms with Gasteiger partial charge >= 0.3 is 6.09 Å². The molecule has 0 saturated carbocycles. The predicted octanol–water partition coefficient (Wildman–Crippen LogP) is 3.57. The number of aromatic nitrogens is 1. The zero-order valence-corrected chi connectivity index (χ0v) is 15.8. The fourth-order valence-corrected chi connectivity index (χ4v) is 3.04. The van der Waals surface area contributed by atoms with Gasteiger partial charge in [-0.25, -0.2) is 9.78 Å². The number of nitrogens with one attached hydrogen (secondary N) is 1. The Labute approximate surface area is 158 Å². The van der Waals surface area contributed by atoms with Gasteiger partial charge in [0, 0.05) is 29.4 Å². The Hall–Kier alpha value is -2.80. The van der Waals surface area contributed by atoms with Crippen LogP contribution in [0.5, 0.6) is 11.5 Å². The minimum atomic E-state index is -0.559. The van der Waals surface area contributed by atoms with Gasteiger partial charge in [-0.15, -0.1) is 0 Å². The third-order valence-electron chi connectivity index (χ3n) is 4.27. The molecule has 3 N–H and O–H groups in total. The fraction of sp³-hybridized carbons (Fsp3) is 0.400. The summed E-state index contributed by atoms with van der Waals surface area (Å²) in [7, 11) is 1.31. The number of nitrogens with zero attached hydrogens (tertiary/aromatic N) is 1. The Morgan fingerprint density at radius 3 is 2.89 bits per heavy atom. The number of pyridine rings is 1. The molecule has 7 nitrogen and oxygen atoms in total. The number of anilines is 1. The van der Waals surface area contributed by atoms with E-state index in [9.17, 15) is 4.79 Å². The summed E-state index contributed by atoms with van der Waals surface area (Å²) in [6.07, 6.45) is 2.05. The molecule has 1 amide bonds. The van der Waals surface area contributed by atoms with Crippen LogP contribution >= 0.6 is 0 Å². The molecular weight excluding hydrogens is 346 g/mol. The maximum Gasteiger partial charge on any atom is 0.412 e. The van der Waals surface area contributed by atoms with E-state index in [1.807, 2.05) is 24.3 Å². The van der Waals surface area contributed by atoms with Crippen LogP contribution in [0.2, 0.25) is 0 Å². The van der Waals surface area contributed by atoms with E-state index in [0.717, 1.165) is 34.6 Å². The van der Waals surface area contributed by atoms with E-state index in [4.69, 9.17) is 15.2 Å². The number of methoxy groups -OCH3 is 1. The zero-order chi connectivity index (χ0) is 19.4. The lowest BCUT2D eigenvalue weighted by Gasteiger charge is -2.22. The first-order chi connectivity index (χ1) is 13.0. The number of benzene rings is 1. The zero-order valence-electron chi connectivity index (χ0n) is 15.8. The van der Waals surface area contributed by atoms with Crippen LogP contribution in [0.25, 0.3) is 11.1 Å². The van der Waals surface area contributed by atoms with Crippen molar-refractivity contribution in [2.24, 2.45) is 11.7 Å². The Morgan fingerprint density at radius 2 is 2.15 bits per heavy atom. The summed E-state index contributed by atoms with van der Waals surface area (Å²) in [6.45, 7) is 5.15. The number of hydrogen-bond acceptors (Lipinski definition) is 6. The number of carbonyl (C=O) groups excluding carboxylic acids is 1. The number of ether oxygens (including phenoxy) is 3. The average Bonchev–Trinajstić information content (AvgIpc) is 2.65. The lowest BCUT2D eigenvalue weighted by molar-refractivity contribution is 0.187. The van der Waals surface area contributed by atoms with Gasteiger partial charge in [-0.1, -0.05) is 13.8 Å². The van der Waals surface area contributed by atoms with Crippen molar-refractivity contribution in [2.75, 3.05) is 19.0 Å². The van der Waals surface area contributed by atoms with Gasteiger partial charge in [0.2, 0.25) is 0 Å². The molecule has 7 heteroatoms. The number of fused-ring (bicyclic) bond motifs is 3. The highest BCUT2D eigenvalue weighted by Crippen LogP contribution is 2.40. The molecule has 0 fully saturated rings. The molecule has 1 aliphatic rings. The SMILES string of the molecule is COC(=O)Nc1cc2c(cn1)COc1cc(OC[C@@H](N)CC(C)C)ccc1-2. The van der Waals surface area contributed by atoms with Crippen molar-refractivity contribution in [3.05, 3.63) is 36.0 Å². The average molecular weight is 371 g/mol. The molecule has 0 saturated heterocycles. The second-order valence-electron chi connectivity index (χ2n) is 6.99. The fourth-order valence-electron chi connectivity index (χ4n) is 3.04. The molecule has 3 rings (SSSR count). The first-order valence-corrected chi connectivity index (χ1v) is 8.95. The number of nitrogens with two attached hydrogens (primary N) is 1. The van der Waals surface area contributed by atoms with E-state index in [1.165, 1.54) is 7.11 Å². The van der Waals surface area contributed by atoms with E-state index < -0.39 is 6.09 Å². The van der Waals surface area contributed by atoms with Gasteiger partial charge in [0.1, 0.15) is 30.5 Å². The highest BCUT2D eigenvalue weighted by Gasteiger charge is 2.20. The highest BCUT2D eigenvalue weighted by atomic mass is 16.5. The Morgan fingerprint density at radius 1 is 1.33 bits per heavy atom. The van der Waals surface area contributed by atoms with Crippen molar-refractivity contribution in [3.8, 4) is 22.6 Å². The van der Waals surface area contributed by atoms with Crippen LogP contribution in [0.1, 0.15) is 25.8 Å². The predicted molar refractivity (Wildman–Crippen MR) is 103 cm³/mol. The standard InChI is InChI=1S/C20H25N3O4/c1-12(2)6-14(21)11-26-15-4-5-16-17-8-19(23-20(24)25-3)22-9-13(17)10-27-18(16)7-15/h4-5,7-9,12,14H,6,10-11,21H2,1-3H3,(H,22,23,24)/t14-/m0/s1. The number of carbonyl (C=O) groups is 1. The molecule has 2 aromatic rings. The van der Waals surface area contributed by atoms with Crippen molar-refractivity contribution in [1.29, 1.82) is 0 Å². The molecule has 0 unspecified atom stereocenters. The van der Waals surface area contributed by atoms with Crippen LogP contribution in [-0.4, -0.2) is 30.8 Å². The van der Waals surface area contributed by atoms with E-state index in [0.29, 0.717) is 24.9 Å². The van der Waals surface area contributed by atoms with E-state index in [-0.39, 0.29) is 6.04 Å². The molecule has 0 bridgehead atoms. The summed E-state index contributed by atoms with van der Waals surface area (Å²) >= 11 is 0. The third kappa shape index (κ3) is 4.68. The molecule has 1 aliphatic heterocycles. The van der Waals surface area contributed by atoms with Crippen molar-refractivity contribution in [2.45, 2.75) is 32.9 Å². The van der Waals surface area contributed by atoms with Crippen LogP contribution in [0.3, 0.4) is 0 Å². The van der Waals surface area contributed by atoms with Crippen molar-refractivity contribution >= 4 is 11.9 Å². The molecule has 27 heavy (non-hydrogen) atoms. The first-order valence-electron chi connectivity index (χ1n) is 8.95. The van der Waals surface area contributed by atoms with Crippen molar-refractivity contribution in [1.82, 2.24) is 4.98 Å². The third-order valence-corrected chi connectivity index (χ3v) is 4.27. The topological polar surface area (TPSA) is 95.7 Å². The van der Waals surface area contributed by atoms with Crippen LogP contribution in [0.4, 0.5) is 10.6 Å². The molecular formula is C20H25N3O4. The van der Waals surface area contributed by atoms with Gasteiger partial charge in [-0.05, 0) is 36.1 Å². The maximum absolute atomic E-state index is 11.4. The lowest BCUT2D eigenvalue weighted by Crippen LogP contribution is -2.29. The number of hydrogen-bond donors (Lipinski definition) is 2. The molecule has 0 radical (unpaired) electrons. The smallest absolute Gasteiger partial charge is 0.412 e. The molecule has 2 heterocycles. The summed E-state index contributed by atoms with van der Waals surface area (Å²) in [5.41, 5.74) is 8.91. The van der Waals surface area contributed by atoms with Crippen LogP contribution in [0.15, 0.2) is 30.5 Å². The van der Waals surface area contributed by atoms with E-state index in [2.05, 4.69) is 28.9 Å². The first kappa shape index (κ1) is 19.0. The summed E-state index contributed by atoms with van der Waals surface area (Å²) in [5.74, 6) is 2.41. The normalized spacial score (nSPS) is 13.2. The summed E-state index contributed by atoms with van der Waals surface area (Å²) in [6, 6.07) is 7.52. The number of rotatable bonds is 6. The summed E-state index contributed by atoms with van der Waals surface area (Å²) < 4.78 is 16.3. The quantitative estimate of drug-likeness (QED) is 0.806. The van der Waals surface area contributed by atoms with Crippen LogP contribution in [0, 0.1) is 5.92 Å². The molecule has 0 aliphatic carbocycles. The molecule has 0 spiro atoms. The Kier molecular flexibility index (Phi) is 5.81. The summed E-state index contributed by atoms with van der Waals surface area (Å²) in [4.78, 5) is 15.6. The second-order valence-corrected chi connectivity index (χ2v) is 6.99. The molecule has 1 aromatic heterocycles. The van der Waals surface area contributed by atoms with E-state index >= 15 is 0 Å². The number of amides is 1. The minimum Gasteiger partial charge on any atom is -0.492 e. The maximum atomic E-state index is 11.4. The van der Waals surface area contributed by atoms with Gasteiger partial charge in [-0.3, -0.25) is 5.32 Å². The van der Waals surface area contributed by atoms with Crippen molar-refractivity contribution < 1.29 is 19.0 Å². The Balaban J connectivity index is 1.77. The lowest BCUT2D eigenvalue weighted by atomic mass is 9.98. The molecule has 1 atom stereocenters. The van der Waals surface area contributed by atoms with Gasteiger partial charge in [0.15, 0.2) is 0 Å². The molecule has 144 valence electrons. The van der Waals surface area contributed by atoms with Gasteiger partial charge in [0.05, 0.1) is 7.11 Å². The van der Waals surface area contributed by atoms with Gasteiger partial charge in [-0.2, -0.15) is 0 Å². The van der Waals surface area contributed by atoms with Crippen LogP contribution < -0.4 is 20.5 Å². The van der Waals surface area contributed by atoms with Gasteiger partial charge < -0.3 is 19.9 Å². The molecule has 1 aromatic carbocycles. The monoisotopic (exact) mass is 371 g/mol. The Bertz CT molecular complexity index is 823. The van der Waals surface area contributed by atoms with Gasteiger partial charge in [0.25, 0.3) is 0 Å².